The third-order valence-corrected chi connectivity index (χ3v) is 6.02. The fourth-order valence-electron chi connectivity index (χ4n) is 4.01. The standard InChI is InChI=1S/C26H30ClN3O3/c1-18(2)25(31)29(16-23-10-7-15-32-23)17-24-19(3)28-30(21-8-5-4-6-9-21)26(24)33-22-13-11-20(27)12-14-22/h4-6,8-9,11-14,18,23H,7,10,15-17H2,1-3H3/t23-/m0/s1. The van der Waals surface area contributed by atoms with E-state index in [-0.39, 0.29) is 17.9 Å². The first-order chi connectivity index (χ1) is 15.9. The largest absolute Gasteiger partial charge is 0.439 e. The number of carbonyl (C=O) groups excluding carboxylic acids is 1. The van der Waals surface area contributed by atoms with Crippen molar-refractivity contribution in [3.8, 4) is 17.3 Å². The fourth-order valence-corrected chi connectivity index (χ4v) is 4.13. The van der Waals surface area contributed by atoms with Crippen LogP contribution in [0.15, 0.2) is 54.6 Å². The monoisotopic (exact) mass is 467 g/mol. The van der Waals surface area contributed by atoms with E-state index >= 15 is 0 Å². The first-order valence-electron chi connectivity index (χ1n) is 11.4. The third kappa shape index (κ3) is 5.57. The predicted octanol–water partition coefficient (Wildman–Crippen LogP) is 5.79. The van der Waals surface area contributed by atoms with E-state index in [1.165, 1.54) is 0 Å². The summed E-state index contributed by atoms with van der Waals surface area (Å²) in [7, 11) is 0. The maximum atomic E-state index is 13.1. The number of para-hydroxylation sites is 1. The van der Waals surface area contributed by atoms with Gasteiger partial charge in [-0.3, -0.25) is 4.79 Å². The van der Waals surface area contributed by atoms with Gasteiger partial charge in [0.05, 0.1) is 29.6 Å². The van der Waals surface area contributed by atoms with Gasteiger partial charge >= 0.3 is 0 Å². The van der Waals surface area contributed by atoms with Gasteiger partial charge in [0.15, 0.2) is 0 Å². The lowest BCUT2D eigenvalue weighted by molar-refractivity contribution is -0.136. The first-order valence-corrected chi connectivity index (χ1v) is 11.8. The molecule has 2 aromatic carbocycles. The predicted molar refractivity (Wildman–Crippen MR) is 129 cm³/mol. The van der Waals surface area contributed by atoms with Crippen LogP contribution >= 0.6 is 11.6 Å². The molecule has 1 amide bonds. The van der Waals surface area contributed by atoms with E-state index in [0.717, 1.165) is 36.4 Å². The van der Waals surface area contributed by atoms with E-state index in [0.29, 0.717) is 29.7 Å². The number of benzene rings is 2. The molecule has 0 spiro atoms. The molecule has 1 aliphatic rings. The molecule has 2 heterocycles. The van der Waals surface area contributed by atoms with E-state index in [4.69, 9.17) is 26.2 Å². The van der Waals surface area contributed by atoms with Crippen LogP contribution in [0.4, 0.5) is 0 Å². The van der Waals surface area contributed by atoms with E-state index in [2.05, 4.69) is 0 Å². The molecule has 174 valence electrons. The van der Waals surface area contributed by atoms with Gasteiger partial charge in [-0.25, -0.2) is 4.68 Å². The highest BCUT2D eigenvalue weighted by atomic mass is 35.5. The molecule has 4 rings (SSSR count). The lowest BCUT2D eigenvalue weighted by Gasteiger charge is -2.27. The van der Waals surface area contributed by atoms with Crippen molar-refractivity contribution < 1.29 is 14.3 Å². The maximum Gasteiger partial charge on any atom is 0.227 e. The normalized spacial score (nSPS) is 15.7. The molecular weight excluding hydrogens is 438 g/mol. The van der Waals surface area contributed by atoms with Gasteiger partial charge in [0.2, 0.25) is 11.8 Å². The number of rotatable bonds is 8. The lowest BCUT2D eigenvalue weighted by Crippen LogP contribution is -2.39. The topological polar surface area (TPSA) is 56.6 Å². The summed E-state index contributed by atoms with van der Waals surface area (Å²) in [5.41, 5.74) is 2.58. The van der Waals surface area contributed by atoms with E-state index in [1.807, 2.05) is 68.1 Å². The van der Waals surface area contributed by atoms with Crippen molar-refractivity contribution in [2.45, 2.75) is 46.3 Å². The van der Waals surface area contributed by atoms with Crippen molar-refractivity contribution in [1.82, 2.24) is 14.7 Å². The van der Waals surface area contributed by atoms with E-state index < -0.39 is 0 Å². The Labute approximate surface area is 200 Å². The van der Waals surface area contributed by atoms with Crippen LogP contribution in [-0.2, 0) is 16.1 Å². The zero-order valence-corrected chi connectivity index (χ0v) is 20.1. The summed E-state index contributed by atoms with van der Waals surface area (Å²) in [5.74, 6) is 1.22. The number of hydrogen-bond donors (Lipinski definition) is 0. The molecule has 0 N–H and O–H groups in total. The average molecular weight is 468 g/mol. The van der Waals surface area contributed by atoms with Gasteiger partial charge < -0.3 is 14.4 Å². The van der Waals surface area contributed by atoms with Crippen LogP contribution in [0.2, 0.25) is 5.02 Å². The zero-order valence-electron chi connectivity index (χ0n) is 19.3. The highest BCUT2D eigenvalue weighted by molar-refractivity contribution is 6.30. The van der Waals surface area contributed by atoms with Crippen LogP contribution in [0.3, 0.4) is 0 Å². The van der Waals surface area contributed by atoms with E-state index in [1.54, 1.807) is 16.8 Å². The van der Waals surface area contributed by atoms with Crippen LogP contribution < -0.4 is 4.74 Å². The Hall–Kier alpha value is -2.83. The average Bonchev–Trinajstić information content (AvgIpc) is 3.43. The number of aromatic nitrogens is 2. The number of aryl methyl sites for hydroxylation is 1. The van der Waals surface area contributed by atoms with Crippen molar-refractivity contribution >= 4 is 17.5 Å². The van der Waals surface area contributed by atoms with Crippen molar-refractivity contribution in [3.63, 3.8) is 0 Å². The first kappa shape index (κ1) is 23.3. The van der Waals surface area contributed by atoms with Gasteiger partial charge in [0.1, 0.15) is 5.75 Å². The summed E-state index contributed by atoms with van der Waals surface area (Å²) in [6.45, 7) is 7.52. The maximum absolute atomic E-state index is 13.1. The number of nitrogens with zero attached hydrogens (tertiary/aromatic N) is 3. The molecule has 1 atom stereocenters. The van der Waals surface area contributed by atoms with Gasteiger partial charge in [-0.05, 0) is 56.2 Å². The minimum absolute atomic E-state index is 0.0674. The Morgan fingerprint density at radius 1 is 1.21 bits per heavy atom. The van der Waals surface area contributed by atoms with Gasteiger partial charge in [0, 0.05) is 24.1 Å². The zero-order chi connectivity index (χ0) is 23.4. The van der Waals surface area contributed by atoms with Crippen molar-refractivity contribution in [1.29, 1.82) is 0 Å². The minimum Gasteiger partial charge on any atom is -0.439 e. The second kappa shape index (κ2) is 10.4. The van der Waals surface area contributed by atoms with Crippen LogP contribution in [0.25, 0.3) is 5.69 Å². The van der Waals surface area contributed by atoms with Crippen LogP contribution in [-0.4, -0.2) is 39.8 Å². The quantitative estimate of drug-likeness (QED) is 0.420. The summed E-state index contributed by atoms with van der Waals surface area (Å²) in [5, 5.41) is 5.42. The van der Waals surface area contributed by atoms with Gasteiger partial charge in [-0.1, -0.05) is 43.6 Å². The molecule has 3 aromatic rings. The Morgan fingerprint density at radius 3 is 2.58 bits per heavy atom. The molecule has 1 saturated heterocycles. The molecule has 0 unspecified atom stereocenters. The van der Waals surface area contributed by atoms with Crippen LogP contribution in [0.5, 0.6) is 11.6 Å². The summed E-state index contributed by atoms with van der Waals surface area (Å²) < 4.78 is 14.0. The Morgan fingerprint density at radius 2 is 1.94 bits per heavy atom. The Balaban J connectivity index is 1.72. The second-order valence-electron chi connectivity index (χ2n) is 8.68. The lowest BCUT2D eigenvalue weighted by atomic mass is 10.1. The highest BCUT2D eigenvalue weighted by Gasteiger charge is 2.28. The molecule has 6 nitrogen and oxygen atoms in total. The summed E-state index contributed by atoms with van der Waals surface area (Å²) in [4.78, 5) is 15.0. The number of ether oxygens (including phenoxy) is 2. The number of hydrogen-bond acceptors (Lipinski definition) is 4. The van der Waals surface area contributed by atoms with Crippen LogP contribution in [0.1, 0.15) is 37.9 Å². The van der Waals surface area contributed by atoms with Gasteiger partial charge in [-0.15, -0.1) is 0 Å². The number of amides is 1. The van der Waals surface area contributed by atoms with Gasteiger partial charge in [0.25, 0.3) is 0 Å². The third-order valence-electron chi connectivity index (χ3n) is 5.77. The Bertz CT molecular complexity index is 1070. The molecule has 33 heavy (non-hydrogen) atoms. The molecule has 0 aliphatic carbocycles. The molecule has 7 heteroatoms. The van der Waals surface area contributed by atoms with E-state index in [9.17, 15) is 4.79 Å². The highest BCUT2D eigenvalue weighted by Crippen LogP contribution is 2.32. The Kier molecular flexibility index (Phi) is 7.36. The summed E-state index contributed by atoms with van der Waals surface area (Å²) >= 11 is 6.06. The molecule has 0 bridgehead atoms. The van der Waals surface area contributed by atoms with Crippen LogP contribution in [0, 0.1) is 12.8 Å². The fraction of sp³-hybridized carbons (Fsp3) is 0.385. The van der Waals surface area contributed by atoms with Crippen molar-refractivity contribution in [2.75, 3.05) is 13.2 Å². The molecule has 0 radical (unpaired) electrons. The second-order valence-corrected chi connectivity index (χ2v) is 9.12. The van der Waals surface area contributed by atoms with Crippen molar-refractivity contribution in [2.24, 2.45) is 5.92 Å². The van der Waals surface area contributed by atoms with Crippen molar-refractivity contribution in [3.05, 3.63) is 70.9 Å². The minimum atomic E-state index is -0.114. The molecule has 1 aromatic heterocycles. The summed E-state index contributed by atoms with van der Waals surface area (Å²) in [6, 6.07) is 17.1. The molecular formula is C26H30ClN3O3. The molecule has 1 aliphatic heterocycles. The molecule has 1 fully saturated rings. The number of halogens is 1. The summed E-state index contributed by atoms with van der Waals surface area (Å²) in [6.07, 6.45) is 2.07. The SMILES string of the molecule is Cc1nn(-c2ccccc2)c(Oc2ccc(Cl)cc2)c1CN(C[C@@H]1CCCO1)C(=O)C(C)C. The van der Waals surface area contributed by atoms with Gasteiger partial charge in [-0.2, -0.15) is 5.10 Å². The molecule has 0 saturated carbocycles. The number of carbonyl (C=O) groups is 1. The smallest absolute Gasteiger partial charge is 0.227 e.